The number of hydrogen-bond donors (Lipinski definition) is 1. The molecule has 1 N–H and O–H groups in total. The van der Waals surface area contributed by atoms with Gasteiger partial charge in [-0.25, -0.2) is 0 Å². The maximum Gasteiger partial charge on any atom is 0.309 e. The molecule has 1 aliphatic carbocycles. The van der Waals surface area contributed by atoms with E-state index in [0.717, 1.165) is 51.6 Å². The molecule has 1 heterocycles. The van der Waals surface area contributed by atoms with Gasteiger partial charge in [-0.2, -0.15) is 0 Å². The summed E-state index contributed by atoms with van der Waals surface area (Å²) in [5.74, 6) is -0.589. The first-order valence-electron chi connectivity index (χ1n) is 7.08. The first-order chi connectivity index (χ1) is 8.23. The normalized spacial score (nSPS) is 29.5. The standard InChI is InChI=1S/C14H24O3/c15-13(16)14(8-4-1-2-5-9-14)11-12-7-3-6-10-17-12/h12H,1-11H2,(H,15,16). The molecule has 1 aliphatic heterocycles. The van der Waals surface area contributed by atoms with Crippen LogP contribution in [0.5, 0.6) is 0 Å². The van der Waals surface area contributed by atoms with Crippen molar-refractivity contribution in [2.24, 2.45) is 5.41 Å². The molecule has 1 atom stereocenters. The van der Waals surface area contributed by atoms with Gasteiger partial charge in [0.1, 0.15) is 0 Å². The molecular formula is C14H24O3. The van der Waals surface area contributed by atoms with E-state index in [1.54, 1.807) is 0 Å². The van der Waals surface area contributed by atoms with E-state index in [-0.39, 0.29) is 6.10 Å². The van der Waals surface area contributed by atoms with Gasteiger partial charge in [0, 0.05) is 6.61 Å². The maximum absolute atomic E-state index is 11.6. The lowest BCUT2D eigenvalue weighted by Crippen LogP contribution is -2.36. The highest BCUT2D eigenvalue weighted by Crippen LogP contribution is 2.41. The van der Waals surface area contributed by atoms with Gasteiger partial charge in [0.15, 0.2) is 0 Å². The summed E-state index contributed by atoms with van der Waals surface area (Å²) in [6, 6.07) is 0. The number of rotatable bonds is 3. The second-order valence-corrected chi connectivity index (χ2v) is 5.69. The molecule has 1 saturated heterocycles. The summed E-state index contributed by atoms with van der Waals surface area (Å²) >= 11 is 0. The molecule has 3 nitrogen and oxygen atoms in total. The van der Waals surface area contributed by atoms with Gasteiger partial charge in [-0.3, -0.25) is 4.79 Å². The number of carboxylic acid groups (broad SMARTS) is 1. The Morgan fingerprint density at radius 2 is 1.82 bits per heavy atom. The van der Waals surface area contributed by atoms with Crippen LogP contribution in [0.1, 0.15) is 64.2 Å². The quantitative estimate of drug-likeness (QED) is 0.769. The fourth-order valence-electron chi connectivity index (χ4n) is 3.31. The minimum Gasteiger partial charge on any atom is -0.481 e. The van der Waals surface area contributed by atoms with Gasteiger partial charge in [-0.15, -0.1) is 0 Å². The van der Waals surface area contributed by atoms with Crippen LogP contribution in [0.4, 0.5) is 0 Å². The Bertz CT molecular complexity index is 248. The van der Waals surface area contributed by atoms with Crippen molar-refractivity contribution in [1.29, 1.82) is 0 Å². The maximum atomic E-state index is 11.6. The number of carbonyl (C=O) groups is 1. The highest BCUT2D eigenvalue weighted by atomic mass is 16.5. The molecule has 0 spiro atoms. The smallest absolute Gasteiger partial charge is 0.309 e. The van der Waals surface area contributed by atoms with Crippen LogP contribution >= 0.6 is 0 Å². The van der Waals surface area contributed by atoms with Crippen LogP contribution in [-0.2, 0) is 9.53 Å². The van der Waals surface area contributed by atoms with Crippen LogP contribution < -0.4 is 0 Å². The Morgan fingerprint density at radius 1 is 1.12 bits per heavy atom. The van der Waals surface area contributed by atoms with Gasteiger partial charge in [-0.05, 0) is 38.5 Å². The van der Waals surface area contributed by atoms with Crippen molar-refractivity contribution in [3.63, 3.8) is 0 Å². The van der Waals surface area contributed by atoms with Gasteiger partial charge in [-0.1, -0.05) is 25.7 Å². The molecule has 3 heteroatoms. The molecule has 2 rings (SSSR count). The van der Waals surface area contributed by atoms with Crippen molar-refractivity contribution >= 4 is 5.97 Å². The van der Waals surface area contributed by atoms with Crippen molar-refractivity contribution in [1.82, 2.24) is 0 Å². The molecule has 2 aliphatic rings. The molecule has 2 fully saturated rings. The van der Waals surface area contributed by atoms with E-state index in [1.165, 1.54) is 19.3 Å². The Kier molecular flexibility index (Phi) is 4.43. The summed E-state index contributed by atoms with van der Waals surface area (Å²) in [6.07, 6.45) is 10.5. The second kappa shape index (κ2) is 5.85. The first-order valence-corrected chi connectivity index (χ1v) is 7.08. The zero-order valence-corrected chi connectivity index (χ0v) is 10.6. The highest BCUT2D eigenvalue weighted by Gasteiger charge is 2.40. The zero-order valence-electron chi connectivity index (χ0n) is 10.6. The third kappa shape index (κ3) is 3.21. The number of ether oxygens (including phenoxy) is 1. The highest BCUT2D eigenvalue weighted by molar-refractivity contribution is 5.74. The largest absolute Gasteiger partial charge is 0.481 e. The van der Waals surface area contributed by atoms with Gasteiger partial charge in [0.25, 0.3) is 0 Å². The molecule has 1 saturated carbocycles. The second-order valence-electron chi connectivity index (χ2n) is 5.69. The van der Waals surface area contributed by atoms with E-state index in [0.29, 0.717) is 0 Å². The lowest BCUT2D eigenvalue weighted by molar-refractivity contribution is -0.153. The minimum absolute atomic E-state index is 0.193. The van der Waals surface area contributed by atoms with Crippen molar-refractivity contribution in [3.05, 3.63) is 0 Å². The van der Waals surface area contributed by atoms with Crippen molar-refractivity contribution in [3.8, 4) is 0 Å². The molecule has 0 bridgehead atoms. The molecule has 0 radical (unpaired) electrons. The van der Waals surface area contributed by atoms with Crippen molar-refractivity contribution in [2.75, 3.05) is 6.61 Å². The fourth-order valence-corrected chi connectivity index (χ4v) is 3.31. The molecule has 17 heavy (non-hydrogen) atoms. The summed E-state index contributed by atoms with van der Waals surface area (Å²) in [5, 5.41) is 9.59. The van der Waals surface area contributed by atoms with Crippen LogP contribution in [0.15, 0.2) is 0 Å². The van der Waals surface area contributed by atoms with Gasteiger partial charge in [0.2, 0.25) is 0 Å². The van der Waals surface area contributed by atoms with E-state index < -0.39 is 11.4 Å². The molecule has 1 unspecified atom stereocenters. The molecule has 0 aromatic carbocycles. The average Bonchev–Trinajstić information content (AvgIpc) is 2.57. The molecule has 0 aromatic heterocycles. The minimum atomic E-state index is -0.589. The van der Waals surface area contributed by atoms with E-state index in [1.807, 2.05) is 0 Å². The Balaban J connectivity index is 2.01. The van der Waals surface area contributed by atoms with E-state index in [2.05, 4.69) is 0 Å². The summed E-state index contributed by atoms with van der Waals surface area (Å²) in [4.78, 5) is 11.6. The van der Waals surface area contributed by atoms with Gasteiger partial charge < -0.3 is 9.84 Å². The third-order valence-electron chi connectivity index (χ3n) is 4.41. The molecule has 0 aromatic rings. The average molecular weight is 240 g/mol. The van der Waals surface area contributed by atoms with E-state index >= 15 is 0 Å². The number of aliphatic carboxylic acids is 1. The van der Waals surface area contributed by atoms with Crippen LogP contribution in [-0.4, -0.2) is 23.8 Å². The topological polar surface area (TPSA) is 46.5 Å². The molecule has 98 valence electrons. The van der Waals surface area contributed by atoms with Crippen molar-refractivity contribution in [2.45, 2.75) is 70.3 Å². The summed E-state index contributed by atoms with van der Waals surface area (Å²) < 4.78 is 5.73. The number of carboxylic acids is 1. The molecule has 0 amide bonds. The van der Waals surface area contributed by atoms with Gasteiger partial charge in [0.05, 0.1) is 11.5 Å². The van der Waals surface area contributed by atoms with Crippen LogP contribution in [0.25, 0.3) is 0 Å². The molecular weight excluding hydrogens is 216 g/mol. The van der Waals surface area contributed by atoms with Crippen LogP contribution in [0.3, 0.4) is 0 Å². The third-order valence-corrected chi connectivity index (χ3v) is 4.41. The van der Waals surface area contributed by atoms with E-state index in [4.69, 9.17) is 4.74 Å². The monoisotopic (exact) mass is 240 g/mol. The lowest BCUT2D eigenvalue weighted by atomic mass is 9.75. The predicted octanol–water partition coefficient (Wildman–Crippen LogP) is 3.37. The summed E-state index contributed by atoms with van der Waals surface area (Å²) in [6.45, 7) is 0.820. The van der Waals surface area contributed by atoms with Crippen LogP contribution in [0.2, 0.25) is 0 Å². The van der Waals surface area contributed by atoms with Crippen LogP contribution in [0, 0.1) is 5.41 Å². The van der Waals surface area contributed by atoms with Crippen molar-refractivity contribution < 1.29 is 14.6 Å². The fraction of sp³-hybridized carbons (Fsp3) is 0.929. The Morgan fingerprint density at radius 3 is 2.35 bits per heavy atom. The summed E-state index contributed by atoms with van der Waals surface area (Å²) in [7, 11) is 0. The predicted molar refractivity (Wildman–Crippen MR) is 66.0 cm³/mol. The van der Waals surface area contributed by atoms with E-state index in [9.17, 15) is 9.90 Å². The Labute approximate surface area is 104 Å². The zero-order chi connectivity index (χ0) is 12.1. The van der Waals surface area contributed by atoms with Gasteiger partial charge >= 0.3 is 5.97 Å². The lowest BCUT2D eigenvalue weighted by Gasteiger charge is -2.33. The summed E-state index contributed by atoms with van der Waals surface area (Å²) in [5.41, 5.74) is -0.488. The number of hydrogen-bond acceptors (Lipinski definition) is 2. The SMILES string of the molecule is O=C(O)C1(CC2CCCCO2)CCCCCC1. The Hall–Kier alpha value is -0.570. The first kappa shape index (κ1) is 12.9.